The number of aliphatic carboxylic acids is 1. The van der Waals surface area contributed by atoms with Gasteiger partial charge in [-0.25, -0.2) is 0 Å². The van der Waals surface area contributed by atoms with Crippen LogP contribution in [0.2, 0.25) is 0 Å². The maximum atomic E-state index is 10.5. The number of nitrogens with zero attached hydrogens (tertiary/aromatic N) is 1. The molecule has 0 rings (SSSR count). The maximum Gasteiger partial charge on any atom is 0.314 e. The minimum absolute atomic E-state index is 0.199. The van der Waals surface area contributed by atoms with Crippen molar-refractivity contribution in [1.82, 2.24) is 0 Å². The average Bonchev–Trinajstić information content (AvgIpc) is 2.00. The molecule has 5 heteroatoms. The summed E-state index contributed by atoms with van der Waals surface area (Å²) in [4.78, 5) is 20.3. The molecule has 0 aliphatic heterocycles. The second kappa shape index (κ2) is 4.02. The Labute approximate surface area is 64.0 Å². The fourth-order valence-electron chi connectivity index (χ4n) is 0.684. The first kappa shape index (κ1) is 10.0. The number of nitroso groups, excluding NO2 is 1. The molecule has 0 bridgehead atoms. The molecule has 5 nitrogen and oxygen atoms in total. The van der Waals surface area contributed by atoms with Gasteiger partial charge in [-0.1, -0.05) is 12.1 Å². The van der Waals surface area contributed by atoms with E-state index in [2.05, 4.69) is 5.18 Å². The summed E-state index contributed by atoms with van der Waals surface area (Å²) in [5.74, 6) is -1.18. The fraction of sp³-hybridized carbons (Fsp3) is 0.833. The molecule has 0 spiro atoms. The summed E-state index contributed by atoms with van der Waals surface area (Å²) < 4.78 is 0. The van der Waals surface area contributed by atoms with Crippen LogP contribution in [0, 0.1) is 10.3 Å². The van der Waals surface area contributed by atoms with Crippen molar-refractivity contribution in [1.29, 1.82) is 0 Å². The number of hydrogen-bond acceptors (Lipinski definition) is 4. The number of carboxylic acids is 1. The second-order valence-corrected chi connectivity index (χ2v) is 2.38. The molecular formula is C6H11NO4. The highest BCUT2D eigenvalue weighted by atomic mass is 16.4. The van der Waals surface area contributed by atoms with E-state index < -0.39 is 18.0 Å². The van der Waals surface area contributed by atoms with Gasteiger partial charge in [0.05, 0.1) is 13.2 Å². The van der Waals surface area contributed by atoms with Gasteiger partial charge in [0.1, 0.15) is 5.41 Å². The van der Waals surface area contributed by atoms with E-state index in [1.54, 1.807) is 6.92 Å². The highest BCUT2D eigenvalue weighted by Gasteiger charge is 2.36. The molecule has 2 N–H and O–H groups in total. The summed E-state index contributed by atoms with van der Waals surface area (Å²) in [6.07, 6.45) is 0.199. The first-order valence-electron chi connectivity index (χ1n) is 3.26. The monoisotopic (exact) mass is 161 g/mol. The summed E-state index contributed by atoms with van der Waals surface area (Å²) in [6, 6.07) is 0. The molecule has 0 saturated carbocycles. The van der Waals surface area contributed by atoms with Crippen LogP contribution in [-0.4, -0.2) is 29.3 Å². The van der Waals surface area contributed by atoms with Crippen LogP contribution in [0.25, 0.3) is 0 Å². The molecule has 0 fully saturated rings. The minimum atomic E-state index is -1.37. The van der Waals surface area contributed by atoms with Crippen LogP contribution >= 0.6 is 0 Å². The Hall–Kier alpha value is -0.970. The Morgan fingerprint density at radius 2 is 2.18 bits per heavy atom. The van der Waals surface area contributed by atoms with Crippen molar-refractivity contribution in [3.63, 3.8) is 0 Å². The molecule has 0 aliphatic carbocycles. The van der Waals surface area contributed by atoms with Gasteiger partial charge in [0, 0.05) is 0 Å². The summed E-state index contributed by atoms with van der Waals surface area (Å²) in [5.41, 5.74) is -1.37. The smallest absolute Gasteiger partial charge is 0.314 e. The van der Waals surface area contributed by atoms with Crippen LogP contribution in [0.15, 0.2) is 5.18 Å². The number of rotatable bonds is 5. The Balaban J connectivity index is 4.45. The van der Waals surface area contributed by atoms with Crippen LogP contribution in [0.3, 0.4) is 0 Å². The van der Waals surface area contributed by atoms with E-state index in [1.165, 1.54) is 0 Å². The molecule has 0 heterocycles. The number of aliphatic hydroxyl groups is 1. The van der Waals surface area contributed by atoms with Crippen LogP contribution in [0.1, 0.15) is 13.3 Å². The molecule has 0 aliphatic rings. The number of carbonyl (C=O) groups is 1. The summed E-state index contributed by atoms with van der Waals surface area (Å²) in [5, 5.41) is 19.8. The molecule has 1 unspecified atom stereocenters. The van der Waals surface area contributed by atoms with Gasteiger partial charge in [0.25, 0.3) is 0 Å². The molecule has 64 valence electrons. The third kappa shape index (κ3) is 1.98. The van der Waals surface area contributed by atoms with Gasteiger partial charge in [-0.15, -0.1) is 0 Å². The standard InChI is InChI=1S/C6H11NO4/c1-2-6(4-8,3-7-11)5(9)10/h8H,2-4H2,1H3,(H,9,10). The van der Waals surface area contributed by atoms with Gasteiger partial charge in [0.15, 0.2) is 0 Å². The van der Waals surface area contributed by atoms with Gasteiger partial charge in [0.2, 0.25) is 0 Å². The molecule has 11 heavy (non-hydrogen) atoms. The summed E-state index contributed by atoms with van der Waals surface area (Å²) in [6.45, 7) is 0.662. The van der Waals surface area contributed by atoms with Crippen molar-refractivity contribution in [3.05, 3.63) is 4.91 Å². The van der Waals surface area contributed by atoms with E-state index in [1.807, 2.05) is 0 Å². The first-order chi connectivity index (χ1) is 5.13. The van der Waals surface area contributed by atoms with Gasteiger partial charge in [-0.2, -0.15) is 4.91 Å². The molecule has 0 amide bonds. The quantitative estimate of drug-likeness (QED) is 0.565. The van der Waals surface area contributed by atoms with Crippen molar-refractivity contribution in [2.75, 3.05) is 13.2 Å². The lowest BCUT2D eigenvalue weighted by Crippen LogP contribution is -2.37. The Bertz CT molecular complexity index is 153. The third-order valence-corrected chi connectivity index (χ3v) is 1.80. The lowest BCUT2D eigenvalue weighted by Gasteiger charge is -2.21. The normalized spacial score (nSPS) is 15.5. The molecule has 0 aromatic carbocycles. The van der Waals surface area contributed by atoms with Crippen LogP contribution in [0.5, 0.6) is 0 Å². The Morgan fingerprint density at radius 3 is 2.27 bits per heavy atom. The van der Waals surface area contributed by atoms with E-state index in [-0.39, 0.29) is 13.0 Å². The largest absolute Gasteiger partial charge is 0.481 e. The molecular weight excluding hydrogens is 150 g/mol. The molecule has 0 aromatic heterocycles. The topological polar surface area (TPSA) is 87.0 Å². The average molecular weight is 161 g/mol. The van der Waals surface area contributed by atoms with Gasteiger partial charge in [-0.05, 0) is 6.42 Å². The second-order valence-electron chi connectivity index (χ2n) is 2.38. The predicted octanol–water partition coefficient (Wildman–Crippen LogP) is 0.226. The SMILES string of the molecule is CCC(CO)(CN=O)C(=O)O. The third-order valence-electron chi connectivity index (χ3n) is 1.80. The zero-order chi connectivity index (χ0) is 8.91. The van der Waals surface area contributed by atoms with Crippen LogP contribution in [-0.2, 0) is 4.79 Å². The number of aliphatic hydroxyl groups excluding tert-OH is 1. The van der Waals surface area contributed by atoms with E-state index in [0.717, 1.165) is 0 Å². The van der Waals surface area contributed by atoms with Crippen LogP contribution in [0.4, 0.5) is 0 Å². The maximum absolute atomic E-state index is 10.5. The highest BCUT2D eigenvalue weighted by Crippen LogP contribution is 2.21. The molecule has 0 saturated heterocycles. The number of carboxylic acid groups (broad SMARTS) is 1. The van der Waals surface area contributed by atoms with Crippen molar-refractivity contribution < 1.29 is 15.0 Å². The van der Waals surface area contributed by atoms with Gasteiger partial charge >= 0.3 is 5.97 Å². The summed E-state index contributed by atoms with van der Waals surface area (Å²) >= 11 is 0. The lowest BCUT2D eigenvalue weighted by atomic mass is 9.86. The van der Waals surface area contributed by atoms with Gasteiger partial charge < -0.3 is 10.2 Å². The first-order valence-corrected chi connectivity index (χ1v) is 3.26. The molecule has 0 aromatic rings. The lowest BCUT2D eigenvalue weighted by molar-refractivity contribution is -0.151. The van der Waals surface area contributed by atoms with Crippen molar-refractivity contribution in [2.45, 2.75) is 13.3 Å². The fourth-order valence-corrected chi connectivity index (χ4v) is 0.684. The minimum Gasteiger partial charge on any atom is -0.481 e. The predicted molar refractivity (Wildman–Crippen MR) is 38.1 cm³/mol. The zero-order valence-corrected chi connectivity index (χ0v) is 6.28. The number of hydrogen-bond donors (Lipinski definition) is 2. The van der Waals surface area contributed by atoms with E-state index >= 15 is 0 Å². The zero-order valence-electron chi connectivity index (χ0n) is 6.28. The van der Waals surface area contributed by atoms with E-state index in [4.69, 9.17) is 10.2 Å². The highest BCUT2D eigenvalue weighted by molar-refractivity contribution is 5.75. The molecule has 1 atom stereocenters. The van der Waals surface area contributed by atoms with Crippen molar-refractivity contribution in [2.24, 2.45) is 10.6 Å². The van der Waals surface area contributed by atoms with E-state index in [9.17, 15) is 9.70 Å². The van der Waals surface area contributed by atoms with E-state index in [0.29, 0.717) is 0 Å². The van der Waals surface area contributed by atoms with Crippen molar-refractivity contribution in [3.8, 4) is 0 Å². The molecule has 0 radical (unpaired) electrons. The van der Waals surface area contributed by atoms with Gasteiger partial charge in [-0.3, -0.25) is 4.79 Å². The van der Waals surface area contributed by atoms with Crippen LogP contribution < -0.4 is 0 Å². The Kier molecular flexibility index (Phi) is 3.67. The van der Waals surface area contributed by atoms with Crippen molar-refractivity contribution >= 4 is 5.97 Å². The summed E-state index contributed by atoms with van der Waals surface area (Å²) in [7, 11) is 0. The Morgan fingerprint density at radius 1 is 1.64 bits per heavy atom.